The zero-order valence-corrected chi connectivity index (χ0v) is 9.83. The molecule has 6 nitrogen and oxygen atoms in total. The number of hydrogen-bond donors (Lipinski definition) is 2. The van der Waals surface area contributed by atoms with E-state index < -0.39 is 0 Å². The second-order valence-corrected chi connectivity index (χ2v) is 3.95. The Morgan fingerprint density at radius 1 is 1.26 bits per heavy atom. The van der Waals surface area contributed by atoms with Crippen LogP contribution in [-0.4, -0.2) is 15.9 Å². The molecule has 0 radical (unpaired) electrons. The number of anilines is 2. The van der Waals surface area contributed by atoms with Crippen molar-refractivity contribution >= 4 is 28.4 Å². The van der Waals surface area contributed by atoms with Gasteiger partial charge in [-0.1, -0.05) is 0 Å². The van der Waals surface area contributed by atoms with Crippen molar-refractivity contribution in [2.75, 3.05) is 11.1 Å². The Kier molecular flexibility index (Phi) is 2.60. The minimum Gasteiger partial charge on any atom is -0.451 e. The predicted molar refractivity (Wildman–Crippen MR) is 70.6 cm³/mol. The van der Waals surface area contributed by atoms with Crippen LogP contribution in [0.1, 0.15) is 10.6 Å². The normalized spacial score (nSPS) is 10.5. The van der Waals surface area contributed by atoms with Gasteiger partial charge in [0.1, 0.15) is 5.58 Å². The Morgan fingerprint density at radius 3 is 2.95 bits per heavy atom. The van der Waals surface area contributed by atoms with Crippen LogP contribution in [0, 0.1) is 0 Å². The number of rotatable bonds is 2. The monoisotopic (exact) mass is 254 g/mol. The van der Waals surface area contributed by atoms with E-state index in [1.165, 1.54) is 18.6 Å². The summed E-state index contributed by atoms with van der Waals surface area (Å²) in [6, 6.07) is 6.83. The third-order valence-electron chi connectivity index (χ3n) is 2.57. The molecular weight excluding hydrogens is 244 g/mol. The van der Waals surface area contributed by atoms with Crippen molar-refractivity contribution in [2.45, 2.75) is 0 Å². The molecule has 0 aliphatic rings. The average molecular weight is 254 g/mol. The first kappa shape index (κ1) is 11.2. The van der Waals surface area contributed by atoms with Gasteiger partial charge in [0.15, 0.2) is 11.6 Å². The molecule has 3 rings (SSSR count). The summed E-state index contributed by atoms with van der Waals surface area (Å²) in [6.45, 7) is 0. The van der Waals surface area contributed by atoms with E-state index in [4.69, 9.17) is 10.2 Å². The summed E-state index contributed by atoms with van der Waals surface area (Å²) in [5, 5.41) is 3.38. The number of nitrogens with one attached hydrogen (secondary N) is 1. The quantitative estimate of drug-likeness (QED) is 0.682. The van der Waals surface area contributed by atoms with E-state index in [1.807, 2.05) is 0 Å². The standard InChI is InChI=1S/C13H10N4O2/c14-9-1-2-10-8(5-9)6-11(19-10)13(18)17-12-7-15-3-4-16-12/h1-7H,14H2,(H,16,17,18). The second-order valence-electron chi connectivity index (χ2n) is 3.95. The number of nitrogen functional groups attached to an aromatic ring is 1. The number of amides is 1. The molecular formula is C13H10N4O2. The first-order valence-corrected chi connectivity index (χ1v) is 5.59. The fourth-order valence-electron chi connectivity index (χ4n) is 1.72. The van der Waals surface area contributed by atoms with Gasteiger partial charge in [-0.2, -0.15) is 0 Å². The Balaban J connectivity index is 1.89. The fourth-order valence-corrected chi connectivity index (χ4v) is 1.72. The maximum absolute atomic E-state index is 12.0. The summed E-state index contributed by atoms with van der Waals surface area (Å²) in [7, 11) is 0. The number of nitrogens with zero attached hydrogens (tertiary/aromatic N) is 2. The summed E-state index contributed by atoms with van der Waals surface area (Å²) in [5.41, 5.74) is 6.90. The Labute approximate surface area is 108 Å². The molecule has 0 spiro atoms. The number of fused-ring (bicyclic) bond motifs is 1. The Hall–Kier alpha value is -2.89. The van der Waals surface area contributed by atoms with Crippen molar-refractivity contribution in [1.82, 2.24) is 9.97 Å². The van der Waals surface area contributed by atoms with Gasteiger partial charge in [-0.3, -0.25) is 9.78 Å². The van der Waals surface area contributed by atoms with Gasteiger partial charge in [0.25, 0.3) is 5.91 Å². The van der Waals surface area contributed by atoms with E-state index in [2.05, 4.69) is 15.3 Å². The van der Waals surface area contributed by atoms with Gasteiger partial charge in [0, 0.05) is 23.5 Å². The molecule has 19 heavy (non-hydrogen) atoms. The molecule has 0 aliphatic heterocycles. The van der Waals surface area contributed by atoms with Gasteiger partial charge < -0.3 is 15.5 Å². The lowest BCUT2D eigenvalue weighted by Crippen LogP contribution is -2.11. The maximum Gasteiger partial charge on any atom is 0.292 e. The van der Waals surface area contributed by atoms with Crippen molar-refractivity contribution in [3.05, 3.63) is 48.6 Å². The molecule has 3 aromatic rings. The SMILES string of the molecule is Nc1ccc2oc(C(=O)Nc3cnccn3)cc2c1. The van der Waals surface area contributed by atoms with Crippen LogP contribution in [0.15, 0.2) is 47.3 Å². The topological polar surface area (TPSA) is 94.0 Å². The summed E-state index contributed by atoms with van der Waals surface area (Å²) >= 11 is 0. The second kappa shape index (κ2) is 4.41. The molecule has 6 heteroatoms. The highest BCUT2D eigenvalue weighted by molar-refractivity contribution is 6.04. The number of carbonyl (C=O) groups excluding carboxylic acids is 1. The minimum absolute atomic E-state index is 0.200. The Morgan fingerprint density at radius 2 is 2.16 bits per heavy atom. The lowest BCUT2D eigenvalue weighted by molar-refractivity contribution is 0.0998. The largest absolute Gasteiger partial charge is 0.451 e. The van der Waals surface area contributed by atoms with Crippen LogP contribution in [0.3, 0.4) is 0 Å². The first-order valence-electron chi connectivity index (χ1n) is 5.59. The first-order chi connectivity index (χ1) is 9.22. The molecule has 0 saturated heterocycles. The van der Waals surface area contributed by atoms with Gasteiger partial charge in [0.05, 0.1) is 6.20 Å². The molecule has 0 fully saturated rings. The minimum atomic E-state index is -0.379. The van der Waals surface area contributed by atoms with Crippen LogP contribution in [0.5, 0.6) is 0 Å². The summed E-state index contributed by atoms with van der Waals surface area (Å²) < 4.78 is 5.44. The zero-order valence-electron chi connectivity index (χ0n) is 9.83. The molecule has 0 unspecified atom stereocenters. The summed E-state index contributed by atoms with van der Waals surface area (Å²) in [6.07, 6.45) is 4.48. The van der Waals surface area contributed by atoms with Crippen LogP contribution in [0.2, 0.25) is 0 Å². The number of aromatic nitrogens is 2. The molecule has 1 amide bonds. The van der Waals surface area contributed by atoms with Gasteiger partial charge in [-0.15, -0.1) is 0 Å². The van der Waals surface area contributed by atoms with Crippen molar-refractivity contribution < 1.29 is 9.21 Å². The predicted octanol–water partition coefficient (Wildman–Crippen LogP) is 2.06. The highest BCUT2D eigenvalue weighted by atomic mass is 16.3. The van der Waals surface area contributed by atoms with Crippen molar-refractivity contribution in [3.8, 4) is 0 Å². The van der Waals surface area contributed by atoms with Gasteiger partial charge >= 0.3 is 0 Å². The number of nitrogens with two attached hydrogens (primary N) is 1. The third kappa shape index (κ3) is 2.23. The maximum atomic E-state index is 12.0. The highest BCUT2D eigenvalue weighted by Gasteiger charge is 2.13. The smallest absolute Gasteiger partial charge is 0.292 e. The van der Waals surface area contributed by atoms with Crippen molar-refractivity contribution in [3.63, 3.8) is 0 Å². The van der Waals surface area contributed by atoms with Crippen molar-refractivity contribution in [2.24, 2.45) is 0 Å². The van der Waals surface area contributed by atoms with Gasteiger partial charge in [0.2, 0.25) is 0 Å². The molecule has 2 heterocycles. The number of carbonyl (C=O) groups is 1. The summed E-state index contributed by atoms with van der Waals surface area (Å²) in [5.74, 6) is 0.189. The highest BCUT2D eigenvalue weighted by Crippen LogP contribution is 2.22. The summed E-state index contributed by atoms with van der Waals surface area (Å²) in [4.78, 5) is 19.8. The van der Waals surface area contributed by atoms with E-state index in [-0.39, 0.29) is 11.7 Å². The van der Waals surface area contributed by atoms with E-state index >= 15 is 0 Å². The number of furan rings is 1. The van der Waals surface area contributed by atoms with E-state index in [0.717, 1.165) is 5.39 Å². The van der Waals surface area contributed by atoms with E-state index in [0.29, 0.717) is 17.1 Å². The average Bonchev–Trinajstić information content (AvgIpc) is 2.83. The van der Waals surface area contributed by atoms with Crippen LogP contribution in [0.4, 0.5) is 11.5 Å². The van der Waals surface area contributed by atoms with E-state index in [1.54, 1.807) is 24.3 Å². The van der Waals surface area contributed by atoms with Gasteiger partial charge in [-0.25, -0.2) is 4.98 Å². The molecule has 3 N–H and O–H groups in total. The zero-order chi connectivity index (χ0) is 13.2. The lowest BCUT2D eigenvalue weighted by atomic mass is 10.2. The molecule has 94 valence electrons. The molecule has 0 aliphatic carbocycles. The number of hydrogen-bond acceptors (Lipinski definition) is 5. The van der Waals surface area contributed by atoms with Crippen LogP contribution in [0.25, 0.3) is 11.0 Å². The van der Waals surface area contributed by atoms with Crippen LogP contribution >= 0.6 is 0 Å². The molecule has 1 aromatic carbocycles. The molecule has 0 bridgehead atoms. The lowest BCUT2D eigenvalue weighted by Gasteiger charge is -1.99. The third-order valence-corrected chi connectivity index (χ3v) is 2.57. The molecule has 2 aromatic heterocycles. The molecule has 0 atom stereocenters. The van der Waals surface area contributed by atoms with Crippen molar-refractivity contribution in [1.29, 1.82) is 0 Å². The number of benzene rings is 1. The Bertz CT molecular complexity index is 737. The fraction of sp³-hybridized carbons (Fsp3) is 0. The van der Waals surface area contributed by atoms with E-state index in [9.17, 15) is 4.79 Å². The van der Waals surface area contributed by atoms with Gasteiger partial charge in [-0.05, 0) is 24.3 Å². The van der Waals surface area contributed by atoms with Crippen LogP contribution < -0.4 is 11.1 Å². The van der Waals surface area contributed by atoms with Crippen LogP contribution in [-0.2, 0) is 0 Å². The molecule has 0 saturated carbocycles.